The number of sulfone groups is 1. The summed E-state index contributed by atoms with van der Waals surface area (Å²) in [5.41, 5.74) is 11.0. The Morgan fingerprint density at radius 2 is 1.84 bits per heavy atom. The van der Waals surface area contributed by atoms with Gasteiger partial charge in [0.15, 0.2) is 9.84 Å². The number of hydrogen-bond donors (Lipinski definition) is 3. The smallest absolute Gasteiger partial charge is 0.251 e. The fourth-order valence-electron chi connectivity index (χ4n) is 4.35. The van der Waals surface area contributed by atoms with Crippen LogP contribution >= 0.6 is 0 Å². The van der Waals surface area contributed by atoms with Crippen LogP contribution in [-0.4, -0.2) is 35.5 Å². The Bertz CT molecular complexity index is 1660. The Balaban J connectivity index is 1.53. The molecule has 1 aromatic carbocycles. The highest BCUT2D eigenvalue weighted by Crippen LogP contribution is 2.22. The number of benzene rings is 1. The number of hydrogen-bond acceptors (Lipinski definition) is 7. The number of nitrogens with zero attached hydrogens (tertiary/aromatic N) is 2. The van der Waals surface area contributed by atoms with Gasteiger partial charge in [0, 0.05) is 60.6 Å². The van der Waals surface area contributed by atoms with E-state index in [-0.39, 0.29) is 22.8 Å². The first kappa shape index (κ1) is 26.7. The molecule has 0 saturated carbocycles. The first-order valence-electron chi connectivity index (χ1n) is 12.0. The maximum Gasteiger partial charge on any atom is 0.251 e. The fourth-order valence-corrected chi connectivity index (χ4v) is 5.33. The minimum Gasteiger partial charge on any atom is -0.384 e. The van der Waals surface area contributed by atoms with Crippen LogP contribution in [0.1, 0.15) is 49.6 Å². The van der Waals surface area contributed by atoms with Crippen LogP contribution in [0.3, 0.4) is 0 Å². The van der Waals surface area contributed by atoms with Crippen molar-refractivity contribution in [1.82, 2.24) is 20.3 Å². The summed E-state index contributed by atoms with van der Waals surface area (Å²) >= 11 is 0. The van der Waals surface area contributed by atoms with Crippen molar-refractivity contribution >= 4 is 21.6 Å². The lowest BCUT2D eigenvalue weighted by Crippen LogP contribution is -2.24. The summed E-state index contributed by atoms with van der Waals surface area (Å²) in [5, 5.41) is 2.92. The molecule has 0 aliphatic rings. The molecule has 4 N–H and O–H groups in total. The second kappa shape index (κ2) is 11.0. The first-order valence-corrected chi connectivity index (χ1v) is 13.8. The van der Waals surface area contributed by atoms with Gasteiger partial charge in [-0.15, -0.1) is 0 Å². The Labute approximate surface area is 221 Å². The maximum atomic E-state index is 12.9. The molecule has 1 amide bonds. The number of nitrogens with one attached hydrogen (secondary N) is 2. The number of anilines is 1. The van der Waals surface area contributed by atoms with Crippen LogP contribution < -0.4 is 16.6 Å². The molecule has 4 aromatic rings. The predicted octanol–water partition coefficient (Wildman–Crippen LogP) is 2.88. The van der Waals surface area contributed by atoms with Gasteiger partial charge in [-0.3, -0.25) is 14.6 Å². The topological polar surface area (TPSA) is 148 Å². The van der Waals surface area contributed by atoms with Gasteiger partial charge in [-0.1, -0.05) is 18.2 Å². The van der Waals surface area contributed by atoms with Crippen LogP contribution in [0.5, 0.6) is 0 Å². The van der Waals surface area contributed by atoms with Gasteiger partial charge in [-0.05, 0) is 66.4 Å². The number of H-pyrrole nitrogens is 1. The zero-order valence-corrected chi connectivity index (χ0v) is 22.2. The van der Waals surface area contributed by atoms with E-state index >= 15 is 0 Å². The highest BCUT2D eigenvalue weighted by molar-refractivity contribution is 7.90. The third kappa shape index (κ3) is 6.33. The molecule has 38 heavy (non-hydrogen) atoms. The van der Waals surface area contributed by atoms with Crippen molar-refractivity contribution < 1.29 is 13.2 Å². The van der Waals surface area contributed by atoms with E-state index in [0.717, 1.165) is 28.6 Å². The Morgan fingerprint density at radius 1 is 1.05 bits per heavy atom. The van der Waals surface area contributed by atoms with Crippen molar-refractivity contribution in [2.24, 2.45) is 0 Å². The van der Waals surface area contributed by atoms with E-state index in [1.165, 1.54) is 6.20 Å². The highest BCUT2D eigenvalue weighted by atomic mass is 32.2. The number of pyridine rings is 3. The van der Waals surface area contributed by atoms with Crippen molar-refractivity contribution in [2.45, 2.75) is 38.1 Å². The minimum atomic E-state index is -3.56. The van der Waals surface area contributed by atoms with E-state index < -0.39 is 9.84 Å². The van der Waals surface area contributed by atoms with Crippen LogP contribution in [0.15, 0.2) is 70.6 Å². The van der Waals surface area contributed by atoms with Gasteiger partial charge in [0.25, 0.3) is 11.5 Å². The number of aromatic nitrogens is 3. The minimum absolute atomic E-state index is 0.162. The molecule has 4 rings (SSSR count). The molecular weight excluding hydrogens is 502 g/mol. The summed E-state index contributed by atoms with van der Waals surface area (Å²) < 4.78 is 25.1. The first-order chi connectivity index (χ1) is 18.0. The number of nitrogens with two attached hydrogens (primary N) is 1. The van der Waals surface area contributed by atoms with E-state index in [9.17, 15) is 18.0 Å². The summed E-state index contributed by atoms with van der Waals surface area (Å²) in [6, 6.07) is 13.6. The molecule has 0 aliphatic carbocycles. The third-order valence-corrected chi connectivity index (χ3v) is 7.45. The van der Waals surface area contributed by atoms with Crippen LogP contribution in [0, 0.1) is 13.8 Å². The summed E-state index contributed by atoms with van der Waals surface area (Å²) in [4.78, 5) is 36.4. The summed E-state index contributed by atoms with van der Waals surface area (Å²) in [7, 11) is -3.56. The molecule has 3 aromatic heterocycles. The van der Waals surface area contributed by atoms with Crippen molar-refractivity contribution in [3.05, 3.63) is 116 Å². The van der Waals surface area contributed by atoms with Crippen LogP contribution in [0.4, 0.5) is 5.82 Å². The van der Waals surface area contributed by atoms with E-state index in [2.05, 4.69) is 20.3 Å². The second-order valence-electron chi connectivity index (χ2n) is 9.24. The molecule has 196 valence electrons. The van der Waals surface area contributed by atoms with E-state index in [1.54, 1.807) is 48.7 Å². The van der Waals surface area contributed by atoms with Crippen LogP contribution in [0.2, 0.25) is 0 Å². The van der Waals surface area contributed by atoms with Gasteiger partial charge >= 0.3 is 0 Å². The summed E-state index contributed by atoms with van der Waals surface area (Å²) in [5.74, 6) is 0.180. The van der Waals surface area contributed by atoms with E-state index in [4.69, 9.17) is 5.73 Å². The van der Waals surface area contributed by atoms with Gasteiger partial charge in [0.1, 0.15) is 5.82 Å². The van der Waals surface area contributed by atoms with Crippen molar-refractivity contribution in [2.75, 3.05) is 12.0 Å². The number of amides is 1. The maximum absolute atomic E-state index is 12.9. The molecular formula is C28H29N5O4S. The molecule has 0 aliphatic heterocycles. The van der Waals surface area contributed by atoms with Crippen LogP contribution in [-0.2, 0) is 29.2 Å². The molecule has 0 bridgehead atoms. The number of aromatic amines is 1. The number of aryl methyl sites for hydroxylation is 2. The zero-order valence-electron chi connectivity index (χ0n) is 21.4. The van der Waals surface area contributed by atoms with E-state index in [1.807, 2.05) is 19.9 Å². The molecule has 10 heteroatoms. The molecule has 0 atom stereocenters. The summed E-state index contributed by atoms with van der Waals surface area (Å²) in [6.07, 6.45) is 4.75. The molecule has 0 unspecified atom stereocenters. The molecule has 0 spiro atoms. The SMILES string of the molecule is Cc1cc(N)nc(C)c1CNC(=O)c1ccnc(Cc2ccc(Cc3ccc[nH]c3=O)c(S(C)(=O)=O)c2)c1. The molecule has 0 radical (unpaired) electrons. The standard InChI is InChI=1S/C28H29N5O4S/c1-17-11-26(29)33-18(2)24(17)16-32-28(35)22-8-10-30-23(15-22)12-19-6-7-20(25(13-19)38(3,36)37)14-21-5-4-9-31-27(21)34/h4-11,13,15H,12,14,16H2,1-3H3,(H2,29,33)(H,31,34)(H,32,35). The highest BCUT2D eigenvalue weighted by Gasteiger charge is 2.17. The van der Waals surface area contributed by atoms with Crippen molar-refractivity contribution in [3.63, 3.8) is 0 Å². The third-order valence-electron chi connectivity index (χ3n) is 6.28. The molecule has 0 fully saturated rings. The van der Waals surface area contributed by atoms with Crippen molar-refractivity contribution in [1.29, 1.82) is 0 Å². The lowest BCUT2D eigenvalue weighted by molar-refractivity contribution is 0.0950. The number of rotatable bonds is 8. The zero-order chi connectivity index (χ0) is 27.4. The largest absolute Gasteiger partial charge is 0.384 e. The quantitative estimate of drug-likeness (QED) is 0.317. The second-order valence-corrected chi connectivity index (χ2v) is 11.2. The Hall–Kier alpha value is -4.31. The van der Waals surface area contributed by atoms with Gasteiger partial charge in [-0.25, -0.2) is 13.4 Å². The molecule has 9 nitrogen and oxygen atoms in total. The van der Waals surface area contributed by atoms with Gasteiger partial charge < -0.3 is 16.0 Å². The lowest BCUT2D eigenvalue weighted by Gasteiger charge is -2.12. The van der Waals surface area contributed by atoms with Gasteiger partial charge in [0.2, 0.25) is 0 Å². The Morgan fingerprint density at radius 3 is 2.55 bits per heavy atom. The number of nitrogen functional groups attached to an aromatic ring is 1. The average molecular weight is 532 g/mol. The van der Waals surface area contributed by atoms with Crippen molar-refractivity contribution in [3.8, 4) is 0 Å². The number of carbonyl (C=O) groups is 1. The number of carbonyl (C=O) groups excluding carboxylic acids is 1. The fraction of sp³-hybridized carbons (Fsp3) is 0.214. The Kier molecular flexibility index (Phi) is 7.72. The predicted molar refractivity (Wildman–Crippen MR) is 146 cm³/mol. The van der Waals surface area contributed by atoms with Crippen LogP contribution in [0.25, 0.3) is 0 Å². The van der Waals surface area contributed by atoms with Gasteiger partial charge in [-0.2, -0.15) is 0 Å². The lowest BCUT2D eigenvalue weighted by atomic mass is 10.0. The molecule has 3 heterocycles. The van der Waals surface area contributed by atoms with E-state index in [0.29, 0.717) is 41.2 Å². The monoisotopic (exact) mass is 531 g/mol. The normalized spacial score (nSPS) is 11.3. The molecule has 0 saturated heterocycles. The van der Waals surface area contributed by atoms with Gasteiger partial charge in [0.05, 0.1) is 4.90 Å². The average Bonchev–Trinajstić information content (AvgIpc) is 2.85. The summed E-state index contributed by atoms with van der Waals surface area (Å²) in [6.45, 7) is 4.08.